The van der Waals surface area contributed by atoms with Gasteiger partial charge in [-0.05, 0) is 35.4 Å². The number of carbonyl (C=O) groups is 1. The maximum Gasteiger partial charge on any atom is 0.258 e. The van der Waals surface area contributed by atoms with E-state index < -0.39 is 27.8 Å². The number of carbonyl (C=O) groups excluding carboxylic acids is 1. The normalized spacial score (nSPS) is 11.8. The van der Waals surface area contributed by atoms with Crippen LogP contribution >= 0.6 is 0 Å². The van der Waals surface area contributed by atoms with Gasteiger partial charge in [0.25, 0.3) is 5.91 Å². The molecule has 1 amide bonds. The molecule has 10 heteroatoms. The lowest BCUT2D eigenvalue weighted by Crippen LogP contribution is -2.44. The first-order valence-corrected chi connectivity index (χ1v) is 12.3. The summed E-state index contributed by atoms with van der Waals surface area (Å²) in [6.45, 7) is 0. The number of halogens is 1. The lowest BCUT2D eigenvalue weighted by Gasteiger charge is -2.25. The number of nitrogens with one attached hydrogen (secondary N) is 2. The SMILES string of the molecule is CN(C(=O)[C@H](Cc1cccc(N)c1C=N)Nc1ccc(-c2cccc(F)c2C#N)cc1)S(C)(=O)=O. The summed E-state index contributed by atoms with van der Waals surface area (Å²) < 4.78 is 38.7. The Hall–Kier alpha value is -4.23. The Bertz CT molecular complexity index is 1420. The molecule has 0 heterocycles. The van der Waals surface area contributed by atoms with E-state index in [0.29, 0.717) is 37.9 Å². The second kappa shape index (κ2) is 10.4. The maximum absolute atomic E-state index is 14.0. The molecule has 1 atom stereocenters. The van der Waals surface area contributed by atoms with Gasteiger partial charge in [-0.3, -0.25) is 4.79 Å². The number of benzene rings is 3. The molecule has 0 aliphatic heterocycles. The van der Waals surface area contributed by atoms with Gasteiger partial charge in [-0.2, -0.15) is 5.26 Å². The zero-order valence-electron chi connectivity index (χ0n) is 19.1. The van der Waals surface area contributed by atoms with Crippen LogP contribution in [0.3, 0.4) is 0 Å². The Morgan fingerprint density at radius 3 is 2.46 bits per heavy atom. The molecule has 3 aromatic carbocycles. The Morgan fingerprint density at radius 1 is 1.20 bits per heavy atom. The van der Waals surface area contributed by atoms with Gasteiger partial charge in [0.1, 0.15) is 17.9 Å². The van der Waals surface area contributed by atoms with E-state index in [2.05, 4.69) is 5.32 Å². The molecule has 3 aromatic rings. The molecule has 0 fully saturated rings. The van der Waals surface area contributed by atoms with Gasteiger partial charge in [-0.15, -0.1) is 0 Å². The zero-order chi connectivity index (χ0) is 25.8. The van der Waals surface area contributed by atoms with Gasteiger partial charge in [0, 0.05) is 42.2 Å². The summed E-state index contributed by atoms with van der Waals surface area (Å²) in [6, 6.07) is 16.9. The molecule has 180 valence electrons. The number of hydrogen-bond donors (Lipinski definition) is 3. The summed E-state index contributed by atoms with van der Waals surface area (Å²) >= 11 is 0. The third kappa shape index (κ3) is 5.65. The molecular formula is C25H24FN5O3S. The summed E-state index contributed by atoms with van der Waals surface area (Å²) in [4.78, 5) is 13.1. The predicted octanol–water partition coefficient (Wildman–Crippen LogP) is 3.39. The lowest BCUT2D eigenvalue weighted by atomic mass is 9.98. The topological polar surface area (TPSA) is 140 Å². The van der Waals surface area contributed by atoms with E-state index in [9.17, 15) is 22.9 Å². The van der Waals surface area contributed by atoms with Crippen molar-refractivity contribution in [3.8, 4) is 17.2 Å². The van der Waals surface area contributed by atoms with E-state index in [1.807, 2.05) is 6.07 Å². The van der Waals surface area contributed by atoms with E-state index in [0.717, 1.165) is 12.5 Å². The predicted molar refractivity (Wildman–Crippen MR) is 134 cm³/mol. The van der Waals surface area contributed by atoms with Crippen LogP contribution in [0, 0.1) is 22.6 Å². The average molecular weight is 494 g/mol. The number of sulfonamides is 1. The Labute approximate surface area is 203 Å². The third-order valence-corrected chi connectivity index (χ3v) is 6.74. The molecule has 3 rings (SSSR count). The largest absolute Gasteiger partial charge is 0.398 e. The summed E-state index contributed by atoms with van der Waals surface area (Å²) in [5, 5.41) is 20.0. The standard InChI is InChI=1S/C25H24FN5O3S/c1-31(35(2,33)34)25(32)24(13-17-5-3-8-23(29)20(17)14-27)30-18-11-9-16(10-12-18)19-6-4-7-22(26)21(19)15-28/h3-12,14,24,27,30H,13,29H2,1-2H3/t24-/m0/s1. The number of anilines is 2. The second-order valence-electron chi connectivity index (χ2n) is 7.89. The van der Waals surface area contributed by atoms with Crippen LogP contribution in [0.2, 0.25) is 0 Å². The summed E-state index contributed by atoms with van der Waals surface area (Å²) in [5.74, 6) is -1.31. The van der Waals surface area contributed by atoms with Gasteiger partial charge >= 0.3 is 0 Å². The first-order chi connectivity index (χ1) is 16.6. The fourth-order valence-corrected chi connectivity index (χ4v) is 4.07. The molecule has 0 radical (unpaired) electrons. The number of rotatable bonds is 8. The molecule has 0 spiro atoms. The maximum atomic E-state index is 14.0. The molecule has 0 saturated heterocycles. The molecule has 0 unspecified atom stereocenters. The minimum absolute atomic E-state index is 0.0681. The third-order valence-electron chi connectivity index (χ3n) is 5.57. The van der Waals surface area contributed by atoms with Crippen molar-refractivity contribution in [2.24, 2.45) is 0 Å². The zero-order valence-corrected chi connectivity index (χ0v) is 19.9. The smallest absolute Gasteiger partial charge is 0.258 e. The van der Waals surface area contributed by atoms with Crippen LogP contribution in [0.15, 0.2) is 60.7 Å². The first kappa shape index (κ1) is 25.4. The fraction of sp³-hybridized carbons (Fsp3) is 0.160. The molecule has 35 heavy (non-hydrogen) atoms. The van der Waals surface area contributed by atoms with Crippen molar-refractivity contribution in [3.63, 3.8) is 0 Å². The van der Waals surface area contributed by atoms with Crippen LogP contribution in [0.1, 0.15) is 16.7 Å². The number of nitrogens with zero attached hydrogens (tertiary/aromatic N) is 2. The highest BCUT2D eigenvalue weighted by atomic mass is 32.2. The molecular weight excluding hydrogens is 469 g/mol. The highest BCUT2D eigenvalue weighted by Crippen LogP contribution is 2.27. The van der Waals surface area contributed by atoms with Gasteiger partial charge in [-0.25, -0.2) is 17.1 Å². The minimum atomic E-state index is -3.80. The molecule has 0 aromatic heterocycles. The molecule has 4 N–H and O–H groups in total. The van der Waals surface area contributed by atoms with E-state index in [1.165, 1.54) is 19.2 Å². The van der Waals surface area contributed by atoms with Gasteiger partial charge in [0.15, 0.2) is 0 Å². The Kier molecular flexibility index (Phi) is 7.52. The van der Waals surface area contributed by atoms with E-state index in [1.54, 1.807) is 48.5 Å². The van der Waals surface area contributed by atoms with Crippen LogP contribution in [0.5, 0.6) is 0 Å². The van der Waals surface area contributed by atoms with Gasteiger partial charge in [0.05, 0.1) is 11.8 Å². The van der Waals surface area contributed by atoms with Crippen molar-refractivity contribution in [1.29, 1.82) is 10.7 Å². The van der Waals surface area contributed by atoms with Gasteiger partial charge in [-0.1, -0.05) is 36.4 Å². The minimum Gasteiger partial charge on any atom is -0.398 e. The number of nitrogen functional groups attached to an aromatic ring is 1. The second-order valence-corrected chi connectivity index (χ2v) is 9.90. The summed E-state index contributed by atoms with van der Waals surface area (Å²) in [6.07, 6.45) is 2.10. The number of nitrogens with two attached hydrogens (primary N) is 1. The molecule has 8 nitrogen and oxygen atoms in total. The van der Waals surface area contributed by atoms with Crippen LogP contribution in [0.25, 0.3) is 11.1 Å². The molecule has 0 bridgehead atoms. The summed E-state index contributed by atoms with van der Waals surface area (Å²) in [5.41, 5.74) is 8.83. The number of amides is 1. The number of nitriles is 1. The van der Waals surface area contributed by atoms with Crippen LogP contribution in [-0.2, 0) is 21.2 Å². The Balaban J connectivity index is 1.96. The van der Waals surface area contributed by atoms with E-state index in [-0.39, 0.29) is 12.0 Å². The van der Waals surface area contributed by atoms with Gasteiger partial charge in [0.2, 0.25) is 10.0 Å². The highest BCUT2D eigenvalue weighted by molar-refractivity contribution is 7.88. The molecule has 0 saturated carbocycles. The van der Waals surface area contributed by atoms with Crippen molar-refractivity contribution >= 4 is 33.5 Å². The quantitative estimate of drug-likeness (QED) is 0.325. The van der Waals surface area contributed by atoms with Crippen LogP contribution in [-0.4, -0.2) is 44.2 Å². The number of hydrogen-bond acceptors (Lipinski definition) is 7. The molecule has 0 aliphatic carbocycles. The van der Waals surface area contributed by atoms with E-state index >= 15 is 0 Å². The number of likely N-dealkylation sites (N-methyl/N-ethyl adjacent to an activating group) is 1. The fourth-order valence-electron chi connectivity index (χ4n) is 3.62. The monoisotopic (exact) mass is 493 g/mol. The van der Waals surface area contributed by atoms with Crippen LogP contribution < -0.4 is 11.1 Å². The van der Waals surface area contributed by atoms with Gasteiger partial charge < -0.3 is 16.5 Å². The van der Waals surface area contributed by atoms with Crippen molar-refractivity contribution in [2.45, 2.75) is 12.5 Å². The van der Waals surface area contributed by atoms with Crippen molar-refractivity contribution in [2.75, 3.05) is 24.4 Å². The average Bonchev–Trinajstić information content (AvgIpc) is 2.82. The van der Waals surface area contributed by atoms with Crippen molar-refractivity contribution in [1.82, 2.24) is 4.31 Å². The van der Waals surface area contributed by atoms with Crippen molar-refractivity contribution < 1.29 is 17.6 Å². The summed E-state index contributed by atoms with van der Waals surface area (Å²) in [7, 11) is -2.62. The first-order valence-electron chi connectivity index (χ1n) is 10.5. The highest BCUT2D eigenvalue weighted by Gasteiger charge is 2.28. The van der Waals surface area contributed by atoms with Crippen molar-refractivity contribution in [3.05, 3.63) is 83.2 Å². The Morgan fingerprint density at radius 2 is 1.86 bits per heavy atom. The van der Waals surface area contributed by atoms with Crippen LogP contribution in [0.4, 0.5) is 15.8 Å². The lowest BCUT2D eigenvalue weighted by molar-refractivity contribution is -0.126. The molecule has 0 aliphatic rings. The van der Waals surface area contributed by atoms with E-state index in [4.69, 9.17) is 11.1 Å².